The van der Waals surface area contributed by atoms with Gasteiger partial charge < -0.3 is 10.1 Å². The summed E-state index contributed by atoms with van der Waals surface area (Å²) in [4.78, 5) is 13.4. The molecule has 1 aromatic carbocycles. The molecular weight excluding hydrogens is 300 g/mol. The fourth-order valence-corrected chi connectivity index (χ4v) is 4.74. The van der Waals surface area contributed by atoms with E-state index in [4.69, 9.17) is 0 Å². The molecule has 0 fully saturated rings. The van der Waals surface area contributed by atoms with Crippen molar-refractivity contribution in [1.29, 1.82) is 0 Å². The second-order valence-corrected chi connectivity index (χ2v) is 7.16. The summed E-state index contributed by atoms with van der Waals surface area (Å²) < 4.78 is 26.4. The Labute approximate surface area is 120 Å². The highest BCUT2D eigenvalue weighted by Crippen LogP contribution is 2.28. The van der Waals surface area contributed by atoms with Gasteiger partial charge in [0.1, 0.15) is 5.75 Å². The monoisotopic (exact) mass is 314 g/mol. The van der Waals surface area contributed by atoms with E-state index in [0.717, 1.165) is 4.31 Å². The maximum atomic E-state index is 12.6. The van der Waals surface area contributed by atoms with Crippen molar-refractivity contribution in [2.45, 2.75) is 18.1 Å². The summed E-state index contributed by atoms with van der Waals surface area (Å²) in [7, 11) is -3.82. The average molecular weight is 314 g/mol. The fourth-order valence-electron chi connectivity index (χ4n) is 1.88. The van der Waals surface area contributed by atoms with Gasteiger partial charge in [-0.05, 0) is 26.0 Å². The van der Waals surface area contributed by atoms with Crippen LogP contribution in [0.3, 0.4) is 0 Å². The Bertz CT molecular complexity index is 777. The molecule has 1 aromatic heterocycles. The van der Waals surface area contributed by atoms with Crippen molar-refractivity contribution < 1.29 is 13.5 Å². The lowest BCUT2D eigenvalue weighted by Crippen LogP contribution is -2.30. The molecule has 108 valence electrons. The van der Waals surface area contributed by atoms with Crippen molar-refractivity contribution in [3.8, 4) is 5.75 Å². The van der Waals surface area contributed by atoms with E-state index in [-0.39, 0.29) is 16.5 Å². The smallest absolute Gasteiger partial charge is 0.306 e. The number of aryl methyl sites for hydroxylation is 1. The maximum Gasteiger partial charge on any atom is 0.306 e. The van der Waals surface area contributed by atoms with Crippen LogP contribution in [-0.2, 0) is 10.0 Å². The number of H-pyrrole nitrogens is 1. The maximum absolute atomic E-state index is 12.6. The van der Waals surface area contributed by atoms with Gasteiger partial charge in [-0.25, -0.2) is 8.42 Å². The number of hydrogen-bond donors (Lipinski definition) is 2. The van der Waals surface area contributed by atoms with Gasteiger partial charge in [0, 0.05) is 18.3 Å². The highest BCUT2D eigenvalue weighted by molar-refractivity contribution is 7.94. The lowest BCUT2D eigenvalue weighted by atomic mass is 10.3. The number of benzene rings is 1. The lowest BCUT2D eigenvalue weighted by molar-refractivity contribution is 0.475. The van der Waals surface area contributed by atoms with Crippen LogP contribution in [-0.4, -0.2) is 25.1 Å². The summed E-state index contributed by atoms with van der Waals surface area (Å²) in [5, 5.41) is 9.48. The molecule has 6 nitrogen and oxygen atoms in total. The van der Waals surface area contributed by atoms with Crippen LogP contribution in [0.4, 0.5) is 5.69 Å². The van der Waals surface area contributed by atoms with Crippen LogP contribution in [0.15, 0.2) is 33.3 Å². The number of aromatic hydroxyl groups is 1. The lowest BCUT2D eigenvalue weighted by Gasteiger charge is -2.22. The number of hydrogen-bond acceptors (Lipinski definition) is 5. The summed E-state index contributed by atoms with van der Waals surface area (Å²) >= 11 is 0.661. The Morgan fingerprint density at radius 1 is 1.40 bits per heavy atom. The van der Waals surface area contributed by atoms with E-state index in [0.29, 0.717) is 22.7 Å². The summed E-state index contributed by atoms with van der Waals surface area (Å²) in [5.74, 6) is -0.0184. The normalized spacial score (nSPS) is 11.5. The molecule has 0 spiro atoms. The second kappa shape index (κ2) is 5.29. The van der Waals surface area contributed by atoms with Gasteiger partial charge in [-0.1, -0.05) is 17.4 Å². The number of rotatable bonds is 4. The second-order valence-electron chi connectivity index (χ2n) is 4.12. The van der Waals surface area contributed by atoms with Crippen LogP contribution in [0, 0.1) is 6.92 Å². The Morgan fingerprint density at radius 3 is 2.60 bits per heavy atom. The highest BCUT2D eigenvalue weighted by atomic mass is 32.2. The molecule has 0 bridgehead atoms. The van der Waals surface area contributed by atoms with Gasteiger partial charge in [0.25, 0.3) is 10.0 Å². The topological polar surface area (TPSA) is 90.5 Å². The molecule has 2 rings (SSSR count). The van der Waals surface area contributed by atoms with Gasteiger partial charge in [0.15, 0.2) is 4.21 Å². The van der Waals surface area contributed by atoms with Gasteiger partial charge in [0.2, 0.25) is 0 Å². The minimum absolute atomic E-state index is 0.00677. The Balaban J connectivity index is 2.56. The minimum atomic E-state index is -3.82. The summed E-state index contributed by atoms with van der Waals surface area (Å²) in [6.45, 7) is 3.42. The van der Waals surface area contributed by atoms with Crippen molar-refractivity contribution in [2.75, 3.05) is 10.8 Å². The molecule has 0 atom stereocenters. The van der Waals surface area contributed by atoms with Crippen LogP contribution in [0.5, 0.6) is 5.75 Å². The molecule has 2 N–H and O–H groups in total. The predicted molar refractivity (Wildman–Crippen MR) is 78.0 cm³/mol. The molecule has 0 aliphatic carbocycles. The molecule has 1 heterocycles. The first-order valence-corrected chi connectivity index (χ1v) is 8.13. The first-order valence-electron chi connectivity index (χ1n) is 5.87. The SMILES string of the molecule is CCN(c1cccc(O)c1)S(=O)(=O)c1sc(=O)[nH]c1C. The van der Waals surface area contributed by atoms with Gasteiger partial charge in [-0.2, -0.15) is 0 Å². The van der Waals surface area contributed by atoms with E-state index in [1.54, 1.807) is 26.0 Å². The molecule has 0 aliphatic rings. The Kier molecular flexibility index (Phi) is 3.87. The highest BCUT2D eigenvalue weighted by Gasteiger charge is 2.28. The molecule has 0 amide bonds. The van der Waals surface area contributed by atoms with E-state index in [1.165, 1.54) is 12.1 Å². The van der Waals surface area contributed by atoms with Crippen molar-refractivity contribution in [3.05, 3.63) is 39.6 Å². The quantitative estimate of drug-likeness (QED) is 0.898. The first-order chi connectivity index (χ1) is 9.36. The van der Waals surface area contributed by atoms with Crippen LogP contribution in [0.1, 0.15) is 12.6 Å². The van der Waals surface area contributed by atoms with E-state index in [1.807, 2.05) is 0 Å². The summed E-state index contributed by atoms with van der Waals surface area (Å²) in [6, 6.07) is 5.98. The molecule has 0 saturated heterocycles. The summed E-state index contributed by atoms with van der Waals surface area (Å²) in [5.41, 5.74) is 0.673. The van der Waals surface area contributed by atoms with Gasteiger partial charge in [0.05, 0.1) is 5.69 Å². The molecule has 2 aromatic rings. The number of nitrogens with one attached hydrogen (secondary N) is 1. The van der Waals surface area contributed by atoms with Crippen LogP contribution in [0.25, 0.3) is 0 Å². The number of nitrogens with zero attached hydrogens (tertiary/aromatic N) is 1. The van der Waals surface area contributed by atoms with Crippen LogP contribution < -0.4 is 9.18 Å². The first kappa shape index (κ1) is 14.6. The van der Waals surface area contributed by atoms with E-state index >= 15 is 0 Å². The zero-order valence-corrected chi connectivity index (χ0v) is 12.6. The third kappa shape index (κ3) is 2.56. The zero-order chi connectivity index (χ0) is 14.9. The molecule has 0 unspecified atom stereocenters. The van der Waals surface area contributed by atoms with Gasteiger partial charge >= 0.3 is 4.87 Å². The third-order valence-corrected chi connectivity index (χ3v) is 6.20. The fraction of sp³-hybridized carbons (Fsp3) is 0.250. The molecule has 20 heavy (non-hydrogen) atoms. The number of sulfonamides is 1. The zero-order valence-electron chi connectivity index (χ0n) is 11.0. The van der Waals surface area contributed by atoms with Crippen molar-refractivity contribution in [3.63, 3.8) is 0 Å². The molecule has 0 radical (unpaired) electrons. The largest absolute Gasteiger partial charge is 0.508 e. The van der Waals surface area contributed by atoms with Crippen molar-refractivity contribution >= 4 is 27.0 Å². The van der Waals surface area contributed by atoms with E-state index < -0.39 is 14.9 Å². The van der Waals surface area contributed by atoms with E-state index in [2.05, 4.69) is 4.98 Å². The molecular formula is C12H14N2O4S2. The number of anilines is 1. The minimum Gasteiger partial charge on any atom is -0.508 e. The number of thiazole rings is 1. The standard InChI is InChI=1S/C12H14N2O4S2/c1-3-14(9-5-4-6-10(15)7-9)20(17,18)11-8(2)13-12(16)19-11/h4-7,15H,3H2,1-2H3,(H,13,16). The number of aromatic nitrogens is 1. The molecule has 8 heteroatoms. The van der Waals surface area contributed by atoms with Gasteiger partial charge in [-0.15, -0.1) is 0 Å². The average Bonchev–Trinajstić information content (AvgIpc) is 2.70. The third-order valence-electron chi connectivity index (χ3n) is 2.71. The van der Waals surface area contributed by atoms with Gasteiger partial charge in [-0.3, -0.25) is 9.10 Å². The Hall–Kier alpha value is -1.80. The van der Waals surface area contributed by atoms with E-state index in [9.17, 15) is 18.3 Å². The van der Waals surface area contributed by atoms with Crippen molar-refractivity contribution in [1.82, 2.24) is 4.98 Å². The summed E-state index contributed by atoms with van der Waals surface area (Å²) in [6.07, 6.45) is 0. The van der Waals surface area contributed by atoms with Crippen LogP contribution >= 0.6 is 11.3 Å². The molecule has 0 saturated carbocycles. The van der Waals surface area contributed by atoms with Crippen molar-refractivity contribution in [2.24, 2.45) is 0 Å². The molecule has 0 aliphatic heterocycles. The van der Waals surface area contributed by atoms with Crippen LogP contribution in [0.2, 0.25) is 0 Å². The number of aromatic amines is 1. The predicted octanol–water partition coefficient (Wildman–Crippen LogP) is 1.67. The number of phenols is 1. The number of phenolic OH excluding ortho intramolecular Hbond substituents is 1. The Morgan fingerprint density at radius 2 is 2.10 bits per heavy atom.